The van der Waals surface area contributed by atoms with Crippen LogP contribution in [0.5, 0.6) is 0 Å². The first-order valence-corrected chi connectivity index (χ1v) is 10.9. The molecule has 0 saturated carbocycles. The monoisotopic (exact) mass is 502 g/mol. The van der Waals surface area contributed by atoms with Crippen LogP contribution in [-0.4, -0.2) is 26.1 Å². The highest BCUT2D eigenvalue weighted by Gasteiger charge is 2.20. The second-order valence-corrected chi connectivity index (χ2v) is 8.28. The number of rotatable bonds is 6. The molecule has 1 amide bonds. The predicted octanol–water partition coefficient (Wildman–Crippen LogP) is 4.96. The molecule has 4 rings (SSSR count). The minimum absolute atomic E-state index is 0.0186. The lowest BCUT2D eigenvalue weighted by Crippen LogP contribution is -2.24. The number of halogens is 3. The van der Waals surface area contributed by atoms with Crippen molar-refractivity contribution in [3.05, 3.63) is 97.8 Å². The summed E-state index contributed by atoms with van der Waals surface area (Å²) in [5, 5.41) is 14.0. The fourth-order valence-electron chi connectivity index (χ4n) is 3.16. The third-order valence-corrected chi connectivity index (χ3v) is 5.83. The average Bonchev–Trinajstić information content (AvgIpc) is 2.79. The number of anilines is 1. The standard InChI is InChI=1S/C22H13ClF2N4O4S/c23-12-5-7-17(19(9-12)29(32)33)26-20(30)11-34-22-27-16-4-2-1-3-14(16)21(31)28(22)18-8-6-13(24)10-15(18)25/h1-10H,11H2,(H,26,30). The number of nitrogens with zero attached hydrogens (tertiary/aromatic N) is 3. The number of nitrogens with one attached hydrogen (secondary N) is 1. The summed E-state index contributed by atoms with van der Waals surface area (Å²) in [4.78, 5) is 40.6. The number of nitro benzene ring substituents is 1. The van der Waals surface area contributed by atoms with Crippen LogP contribution in [0.4, 0.5) is 20.2 Å². The smallest absolute Gasteiger partial charge is 0.294 e. The Hall–Kier alpha value is -3.83. The van der Waals surface area contributed by atoms with Crippen molar-refractivity contribution in [2.45, 2.75) is 5.16 Å². The maximum atomic E-state index is 14.5. The van der Waals surface area contributed by atoms with E-state index >= 15 is 0 Å². The quantitative estimate of drug-likeness (QED) is 0.173. The van der Waals surface area contributed by atoms with Crippen LogP contribution in [0.25, 0.3) is 16.6 Å². The van der Waals surface area contributed by atoms with Crippen LogP contribution in [0.1, 0.15) is 0 Å². The van der Waals surface area contributed by atoms with Gasteiger partial charge in [-0.05, 0) is 36.4 Å². The minimum atomic E-state index is -0.984. The first-order chi connectivity index (χ1) is 16.2. The highest BCUT2D eigenvalue weighted by atomic mass is 35.5. The number of benzene rings is 3. The summed E-state index contributed by atoms with van der Waals surface area (Å²) >= 11 is 6.60. The lowest BCUT2D eigenvalue weighted by Gasteiger charge is -2.14. The number of carbonyl (C=O) groups is 1. The first kappa shape index (κ1) is 23.3. The molecule has 3 aromatic carbocycles. The number of para-hydroxylation sites is 1. The maximum Gasteiger partial charge on any atom is 0.294 e. The highest BCUT2D eigenvalue weighted by molar-refractivity contribution is 7.99. The Morgan fingerprint density at radius 3 is 2.65 bits per heavy atom. The van der Waals surface area contributed by atoms with Crippen LogP contribution < -0.4 is 10.9 Å². The van der Waals surface area contributed by atoms with Crippen molar-refractivity contribution in [2.75, 3.05) is 11.1 Å². The Morgan fingerprint density at radius 2 is 1.91 bits per heavy atom. The number of carbonyl (C=O) groups excluding carboxylic acids is 1. The van der Waals surface area contributed by atoms with Crippen molar-refractivity contribution < 1.29 is 18.5 Å². The van der Waals surface area contributed by atoms with E-state index in [0.29, 0.717) is 11.6 Å². The molecule has 34 heavy (non-hydrogen) atoms. The van der Waals surface area contributed by atoms with E-state index in [1.54, 1.807) is 18.2 Å². The van der Waals surface area contributed by atoms with Crippen molar-refractivity contribution in [3.8, 4) is 5.69 Å². The van der Waals surface area contributed by atoms with Crippen molar-refractivity contribution in [1.82, 2.24) is 9.55 Å². The average molecular weight is 503 g/mol. The third-order valence-electron chi connectivity index (χ3n) is 4.66. The molecule has 1 heterocycles. The van der Waals surface area contributed by atoms with Crippen LogP contribution in [-0.2, 0) is 4.79 Å². The fourth-order valence-corrected chi connectivity index (χ4v) is 4.13. The molecule has 4 aromatic rings. The van der Waals surface area contributed by atoms with Gasteiger partial charge in [-0.1, -0.05) is 35.5 Å². The summed E-state index contributed by atoms with van der Waals surface area (Å²) in [6.07, 6.45) is 0. The summed E-state index contributed by atoms with van der Waals surface area (Å²) in [5.74, 6) is -2.75. The van der Waals surface area contributed by atoms with E-state index in [-0.39, 0.29) is 38.4 Å². The van der Waals surface area contributed by atoms with Gasteiger partial charge in [-0.15, -0.1) is 0 Å². The summed E-state index contributed by atoms with van der Waals surface area (Å²) in [6, 6.07) is 12.9. The van der Waals surface area contributed by atoms with E-state index in [4.69, 9.17) is 11.6 Å². The molecule has 0 aliphatic rings. The lowest BCUT2D eigenvalue weighted by atomic mass is 10.2. The number of amides is 1. The number of hydrogen-bond donors (Lipinski definition) is 1. The molecule has 0 saturated heterocycles. The molecule has 12 heteroatoms. The van der Waals surface area contributed by atoms with E-state index in [1.165, 1.54) is 18.2 Å². The Kier molecular flexibility index (Phi) is 6.57. The van der Waals surface area contributed by atoms with Gasteiger partial charge in [-0.25, -0.2) is 13.8 Å². The predicted molar refractivity (Wildman–Crippen MR) is 125 cm³/mol. The SMILES string of the molecule is O=C(CSc1nc2ccccc2c(=O)n1-c1ccc(F)cc1F)Nc1ccc(Cl)cc1[N+](=O)[O-]. The van der Waals surface area contributed by atoms with Crippen LogP contribution in [0.15, 0.2) is 70.6 Å². The van der Waals surface area contributed by atoms with E-state index in [2.05, 4.69) is 10.3 Å². The van der Waals surface area contributed by atoms with Gasteiger partial charge in [0.05, 0.1) is 27.3 Å². The van der Waals surface area contributed by atoms with E-state index in [0.717, 1.165) is 34.5 Å². The van der Waals surface area contributed by atoms with Gasteiger partial charge in [0, 0.05) is 17.2 Å². The molecule has 0 fully saturated rings. The lowest BCUT2D eigenvalue weighted by molar-refractivity contribution is -0.383. The van der Waals surface area contributed by atoms with Gasteiger partial charge in [-0.2, -0.15) is 0 Å². The van der Waals surface area contributed by atoms with Crippen molar-refractivity contribution in [2.24, 2.45) is 0 Å². The zero-order valence-electron chi connectivity index (χ0n) is 17.0. The van der Waals surface area contributed by atoms with Crippen molar-refractivity contribution in [1.29, 1.82) is 0 Å². The molecule has 0 spiro atoms. The highest BCUT2D eigenvalue weighted by Crippen LogP contribution is 2.28. The van der Waals surface area contributed by atoms with Gasteiger partial charge >= 0.3 is 0 Å². The van der Waals surface area contributed by atoms with E-state index < -0.39 is 28.0 Å². The maximum absolute atomic E-state index is 14.5. The van der Waals surface area contributed by atoms with E-state index in [9.17, 15) is 28.5 Å². The largest absolute Gasteiger partial charge is 0.320 e. The molecule has 1 N–H and O–H groups in total. The molecule has 0 aliphatic heterocycles. The van der Waals surface area contributed by atoms with Gasteiger partial charge < -0.3 is 5.32 Å². The molecule has 172 valence electrons. The number of fused-ring (bicyclic) bond motifs is 1. The van der Waals surface area contributed by atoms with Crippen molar-refractivity contribution >= 4 is 51.5 Å². The van der Waals surface area contributed by atoms with Gasteiger partial charge in [0.25, 0.3) is 11.2 Å². The fraction of sp³-hybridized carbons (Fsp3) is 0.0455. The molecular weight excluding hydrogens is 490 g/mol. The third kappa shape index (κ3) is 4.75. The van der Waals surface area contributed by atoms with Gasteiger partial charge in [0.15, 0.2) is 5.16 Å². The van der Waals surface area contributed by atoms with Gasteiger partial charge in [0.2, 0.25) is 5.91 Å². The minimum Gasteiger partial charge on any atom is -0.320 e. The van der Waals surface area contributed by atoms with Crippen LogP contribution in [0.2, 0.25) is 5.02 Å². The first-order valence-electron chi connectivity index (χ1n) is 9.58. The van der Waals surface area contributed by atoms with E-state index in [1.807, 2.05) is 0 Å². The summed E-state index contributed by atoms with van der Waals surface area (Å²) < 4.78 is 28.9. The topological polar surface area (TPSA) is 107 Å². The number of hydrogen-bond acceptors (Lipinski definition) is 6. The number of thioether (sulfide) groups is 1. The number of aromatic nitrogens is 2. The Balaban J connectivity index is 1.69. The second-order valence-electron chi connectivity index (χ2n) is 6.90. The molecule has 1 aromatic heterocycles. The van der Waals surface area contributed by atoms with Crippen LogP contribution >= 0.6 is 23.4 Å². The Morgan fingerprint density at radius 1 is 1.15 bits per heavy atom. The number of nitro groups is 1. The molecule has 8 nitrogen and oxygen atoms in total. The zero-order valence-corrected chi connectivity index (χ0v) is 18.6. The van der Waals surface area contributed by atoms with Crippen molar-refractivity contribution in [3.63, 3.8) is 0 Å². The molecule has 0 unspecified atom stereocenters. The van der Waals surface area contributed by atoms with Gasteiger partial charge in [0.1, 0.15) is 17.3 Å². The molecular formula is C22H13ClF2N4O4S. The summed E-state index contributed by atoms with van der Waals surface area (Å²) in [7, 11) is 0. The van der Waals surface area contributed by atoms with Crippen LogP contribution in [0, 0.1) is 21.7 Å². The Bertz CT molecular complexity index is 1510. The molecule has 0 radical (unpaired) electrons. The second kappa shape index (κ2) is 9.57. The Labute approximate surface area is 199 Å². The molecule has 0 atom stereocenters. The zero-order chi connectivity index (χ0) is 24.4. The molecule has 0 aliphatic carbocycles. The van der Waals surface area contributed by atoms with Gasteiger partial charge in [-0.3, -0.25) is 24.3 Å². The summed E-state index contributed by atoms with van der Waals surface area (Å²) in [6.45, 7) is 0. The van der Waals surface area contributed by atoms with Crippen LogP contribution in [0.3, 0.4) is 0 Å². The molecule has 0 bridgehead atoms. The normalized spacial score (nSPS) is 10.9. The summed E-state index contributed by atoms with van der Waals surface area (Å²) in [5.41, 5.74) is -0.968.